The van der Waals surface area contributed by atoms with Gasteiger partial charge in [0.05, 0.1) is 16.2 Å². The predicted octanol–water partition coefficient (Wildman–Crippen LogP) is 4.07. The first-order chi connectivity index (χ1) is 13.5. The van der Waals surface area contributed by atoms with E-state index in [4.69, 9.17) is 11.6 Å². The van der Waals surface area contributed by atoms with Crippen molar-refractivity contribution in [3.63, 3.8) is 0 Å². The van der Waals surface area contributed by atoms with Crippen molar-refractivity contribution in [2.24, 2.45) is 5.10 Å². The van der Waals surface area contributed by atoms with Crippen molar-refractivity contribution in [1.82, 2.24) is 15.6 Å². The molecule has 1 amide bonds. The number of H-pyrrole nitrogens is 1. The number of benzene rings is 2. The average Bonchev–Trinajstić information content (AvgIpc) is 3.18. The highest BCUT2D eigenvalue weighted by molar-refractivity contribution is 6.30. The molecular weight excluding hydrogens is 382 g/mol. The van der Waals surface area contributed by atoms with Gasteiger partial charge in [-0.25, -0.2) is 5.43 Å². The van der Waals surface area contributed by atoms with Crippen molar-refractivity contribution < 1.29 is 9.72 Å². The zero-order chi connectivity index (χ0) is 19.9. The van der Waals surface area contributed by atoms with Gasteiger partial charge >= 0.3 is 0 Å². The number of halogens is 1. The van der Waals surface area contributed by atoms with Crippen LogP contribution in [0.5, 0.6) is 0 Å². The number of aromatic nitrogens is 2. The summed E-state index contributed by atoms with van der Waals surface area (Å²) in [6, 6.07) is 15.0. The fraction of sp³-hybridized carbons (Fsp3) is 0. The zero-order valence-corrected chi connectivity index (χ0v) is 15.1. The first kappa shape index (κ1) is 19.0. The van der Waals surface area contributed by atoms with Crippen molar-refractivity contribution in [3.8, 4) is 11.3 Å². The standard InChI is InChI=1S/C19H14ClN5O3/c20-15-9-7-13(8-10-15)16-12-17(23-22-16)19(26)24-21-11-3-5-14-4-1-2-6-18(14)25(27)28/h1-12H,(H,22,23)(H,24,26)/b5-3+,21-11-. The number of nitrogens with one attached hydrogen (secondary N) is 2. The summed E-state index contributed by atoms with van der Waals surface area (Å²) < 4.78 is 0. The van der Waals surface area contributed by atoms with Crippen LogP contribution in [0.1, 0.15) is 16.1 Å². The van der Waals surface area contributed by atoms with Gasteiger partial charge in [0.15, 0.2) is 0 Å². The molecule has 0 fully saturated rings. The summed E-state index contributed by atoms with van der Waals surface area (Å²) in [5.74, 6) is -0.469. The summed E-state index contributed by atoms with van der Waals surface area (Å²) in [4.78, 5) is 22.6. The maximum atomic E-state index is 12.1. The van der Waals surface area contributed by atoms with E-state index in [1.54, 1.807) is 48.5 Å². The molecule has 28 heavy (non-hydrogen) atoms. The largest absolute Gasteiger partial charge is 0.289 e. The van der Waals surface area contributed by atoms with Gasteiger partial charge in [-0.05, 0) is 36.4 Å². The SMILES string of the molecule is O=C(N/N=C\C=C\c1ccccc1[N+](=O)[O-])c1cc(-c2ccc(Cl)cc2)n[nH]1. The van der Waals surface area contributed by atoms with Gasteiger partial charge in [-0.1, -0.05) is 35.9 Å². The molecule has 0 saturated carbocycles. The topological polar surface area (TPSA) is 113 Å². The van der Waals surface area contributed by atoms with Crippen LogP contribution in [0.4, 0.5) is 5.69 Å². The van der Waals surface area contributed by atoms with E-state index in [0.29, 0.717) is 16.3 Å². The highest BCUT2D eigenvalue weighted by Crippen LogP contribution is 2.20. The molecule has 1 aromatic heterocycles. The number of carbonyl (C=O) groups is 1. The Morgan fingerprint density at radius 2 is 1.96 bits per heavy atom. The maximum Gasteiger partial charge on any atom is 0.289 e. The minimum Gasteiger partial charge on any atom is -0.272 e. The van der Waals surface area contributed by atoms with Crippen LogP contribution in [0, 0.1) is 10.1 Å². The number of hydrazone groups is 1. The van der Waals surface area contributed by atoms with Crippen LogP contribution in [0.25, 0.3) is 17.3 Å². The minimum atomic E-state index is -0.469. The molecule has 3 aromatic rings. The predicted molar refractivity (Wildman–Crippen MR) is 107 cm³/mol. The molecule has 2 aromatic carbocycles. The lowest BCUT2D eigenvalue weighted by atomic mass is 10.1. The van der Waals surface area contributed by atoms with Crippen LogP contribution in [0.15, 0.2) is 65.8 Å². The van der Waals surface area contributed by atoms with Crippen LogP contribution < -0.4 is 5.43 Å². The number of carbonyl (C=O) groups excluding carboxylic acids is 1. The van der Waals surface area contributed by atoms with E-state index in [1.165, 1.54) is 24.4 Å². The van der Waals surface area contributed by atoms with Crippen molar-refractivity contribution in [3.05, 3.63) is 87.1 Å². The van der Waals surface area contributed by atoms with Crippen molar-refractivity contribution in [2.45, 2.75) is 0 Å². The molecule has 3 rings (SSSR count). The lowest BCUT2D eigenvalue weighted by Crippen LogP contribution is -2.17. The maximum absolute atomic E-state index is 12.1. The molecule has 2 N–H and O–H groups in total. The second-order valence-electron chi connectivity index (χ2n) is 5.57. The van der Waals surface area contributed by atoms with Crippen molar-refractivity contribution >= 4 is 35.5 Å². The Hall–Kier alpha value is -3.78. The molecule has 8 nitrogen and oxygen atoms in total. The number of nitro benzene ring substituents is 1. The fourth-order valence-corrected chi connectivity index (χ4v) is 2.47. The van der Waals surface area contributed by atoms with E-state index in [1.807, 2.05) is 0 Å². The van der Waals surface area contributed by atoms with Gasteiger partial charge < -0.3 is 0 Å². The Balaban J connectivity index is 1.60. The average molecular weight is 396 g/mol. The number of amides is 1. The molecule has 0 spiro atoms. The number of aromatic amines is 1. The van der Waals surface area contributed by atoms with Gasteiger partial charge in [0.1, 0.15) is 5.69 Å². The Morgan fingerprint density at radius 1 is 1.21 bits per heavy atom. The van der Waals surface area contributed by atoms with Gasteiger partial charge in [-0.15, -0.1) is 0 Å². The van der Waals surface area contributed by atoms with Crippen molar-refractivity contribution in [2.75, 3.05) is 0 Å². The molecule has 140 valence electrons. The number of para-hydroxylation sites is 1. The zero-order valence-electron chi connectivity index (χ0n) is 14.4. The van der Waals surface area contributed by atoms with E-state index in [0.717, 1.165) is 5.56 Å². The molecule has 0 aliphatic heterocycles. The van der Waals surface area contributed by atoms with Gasteiger partial charge in [0.2, 0.25) is 0 Å². The van der Waals surface area contributed by atoms with Crippen LogP contribution in [-0.4, -0.2) is 27.2 Å². The summed E-state index contributed by atoms with van der Waals surface area (Å²) in [5, 5.41) is 22.1. The Morgan fingerprint density at radius 3 is 2.71 bits per heavy atom. The summed E-state index contributed by atoms with van der Waals surface area (Å²) in [6.45, 7) is 0. The third kappa shape index (κ3) is 4.68. The van der Waals surface area contributed by atoms with Gasteiger partial charge in [-0.2, -0.15) is 10.2 Å². The third-order valence-corrected chi connectivity index (χ3v) is 3.95. The molecule has 1 heterocycles. The second-order valence-corrected chi connectivity index (χ2v) is 6.00. The van der Waals surface area contributed by atoms with Gasteiger partial charge in [-0.3, -0.25) is 20.0 Å². The first-order valence-electron chi connectivity index (χ1n) is 8.09. The summed E-state index contributed by atoms with van der Waals surface area (Å²) >= 11 is 5.85. The molecule has 0 bridgehead atoms. The highest BCUT2D eigenvalue weighted by atomic mass is 35.5. The minimum absolute atomic E-state index is 0.0108. The third-order valence-electron chi connectivity index (χ3n) is 3.70. The lowest BCUT2D eigenvalue weighted by molar-refractivity contribution is -0.385. The number of nitrogens with zero attached hydrogens (tertiary/aromatic N) is 3. The molecule has 9 heteroatoms. The summed E-state index contributed by atoms with van der Waals surface area (Å²) in [5.41, 5.74) is 4.43. The highest BCUT2D eigenvalue weighted by Gasteiger charge is 2.10. The van der Waals surface area contributed by atoms with E-state index >= 15 is 0 Å². The number of rotatable bonds is 6. The summed E-state index contributed by atoms with van der Waals surface area (Å²) in [7, 11) is 0. The molecule has 0 aliphatic carbocycles. The van der Waals surface area contributed by atoms with E-state index in [9.17, 15) is 14.9 Å². The lowest BCUT2D eigenvalue weighted by Gasteiger charge is -1.96. The van der Waals surface area contributed by atoms with E-state index in [2.05, 4.69) is 20.7 Å². The summed E-state index contributed by atoms with van der Waals surface area (Å²) in [6.07, 6.45) is 4.35. The molecule has 0 aliphatic rings. The first-order valence-corrected chi connectivity index (χ1v) is 8.47. The molecule has 0 atom stereocenters. The Labute approximate surface area is 164 Å². The Bertz CT molecular complexity index is 1060. The van der Waals surface area contributed by atoms with Crippen molar-refractivity contribution in [1.29, 1.82) is 0 Å². The molecular formula is C19H14ClN5O3. The quantitative estimate of drug-likeness (QED) is 0.372. The smallest absolute Gasteiger partial charge is 0.272 e. The second kappa shape index (κ2) is 8.74. The van der Waals surface area contributed by atoms with Crippen LogP contribution in [-0.2, 0) is 0 Å². The van der Waals surface area contributed by atoms with Crippen LogP contribution >= 0.6 is 11.6 Å². The monoisotopic (exact) mass is 395 g/mol. The van der Waals surface area contributed by atoms with Crippen LogP contribution in [0.2, 0.25) is 5.02 Å². The van der Waals surface area contributed by atoms with E-state index in [-0.39, 0.29) is 11.4 Å². The Kier molecular flexibility index (Phi) is 5.93. The normalized spacial score (nSPS) is 11.2. The van der Waals surface area contributed by atoms with E-state index < -0.39 is 10.8 Å². The van der Waals surface area contributed by atoms with Crippen LogP contribution in [0.3, 0.4) is 0 Å². The number of hydrogen-bond donors (Lipinski definition) is 2. The van der Waals surface area contributed by atoms with Gasteiger partial charge in [0.25, 0.3) is 11.6 Å². The molecule has 0 unspecified atom stereocenters. The van der Waals surface area contributed by atoms with Gasteiger partial charge in [0, 0.05) is 22.9 Å². The number of allylic oxidation sites excluding steroid dienone is 1. The number of hydrogen-bond acceptors (Lipinski definition) is 5. The molecule has 0 radical (unpaired) electrons. The number of nitro groups is 1. The fourth-order valence-electron chi connectivity index (χ4n) is 2.35. The molecule has 0 saturated heterocycles.